The highest BCUT2D eigenvalue weighted by molar-refractivity contribution is 5.95. The van der Waals surface area contributed by atoms with E-state index in [0.717, 1.165) is 31.6 Å². The SMILES string of the molecule is O=C(c1ccc([N+](=O)[O-])c(O)c1)N1CC[C@]2(CCOC2)C1. The number of rotatable bonds is 2. The molecule has 0 saturated carbocycles. The van der Waals surface area contributed by atoms with E-state index in [-0.39, 0.29) is 16.9 Å². The molecule has 0 radical (unpaired) electrons. The van der Waals surface area contributed by atoms with Crippen molar-refractivity contribution in [2.75, 3.05) is 26.3 Å². The van der Waals surface area contributed by atoms with Crippen molar-refractivity contribution in [1.29, 1.82) is 0 Å². The lowest BCUT2D eigenvalue weighted by molar-refractivity contribution is -0.385. The van der Waals surface area contributed by atoms with Crippen LogP contribution in [0.4, 0.5) is 5.69 Å². The van der Waals surface area contributed by atoms with Crippen LogP contribution in [0.15, 0.2) is 18.2 Å². The van der Waals surface area contributed by atoms with Gasteiger partial charge in [0, 0.05) is 36.7 Å². The van der Waals surface area contributed by atoms with Gasteiger partial charge in [-0.15, -0.1) is 0 Å². The number of nitro benzene ring substituents is 1. The van der Waals surface area contributed by atoms with Crippen LogP contribution in [-0.4, -0.2) is 47.1 Å². The summed E-state index contributed by atoms with van der Waals surface area (Å²) >= 11 is 0. The number of ether oxygens (including phenoxy) is 1. The van der Waals surface area contributed by atoms with Crippen LogP contribution in [0.3, 0.4) is 0 Å². The topological polar surface area (TPSA) is 92.9 Å². The smallest absolute Gasteiger partial charge is 0.310 e. The number of hydrogen-bond donors (Lipinski definition) is 1. The highest BCUT2D eigenvalue weighted by Gasteiger charge is 2.42. The molecule has 1 atom stereocenters. The van der Waals surface area contributed by atoms with Crippen LogP contribution in [0.2, 0.25) is 0 Å². The van der Waals surface area contributed by atoms with E-state index < -0.39 is 16.4 Å². The number of carbonyl (C=O) groups is 1. The summed E-state index contributed by atoms with van der Waals surface area (Å²) < 4.78 is 5.42. The molecule has 21 heavy (non-hydrogen) atoms. The van der Waals surface area contributed by atoms with Crippen LogP contribution >= 0.6 is 0 Å². The normalized spacial score (nSPS) is 24.7. The van der Waals surface area contributed by atoms with Gasteiger partial charge in [0.05, 0.1) is 11.5 Å². The van der Waals surface area contributed by atoms with Crippen LogP contribution in [0.25, 0.3) is 0 Å². The third kappa shape index (κ3) is 2.44. The molecule has 2 aliphatic rings. The molecular formula is C14H16N2O5. The fourth-order valence-corrected chi connectivity index (χ4v) is 3.07. The molecule has 7 heteroatoms. The maximum absolute atomic E-state index is 12.4. The molecule has 0 unspecified atom stereocenters. The Bertz CT molecular complexity index is 595. The summed E-state index contributed by atoms with van der Waals surface area (Å²) in [6.45, 7) is 2.71. The van der Waals surface area contributed by atoms with Gasteiger partial charge in [-0.05, 0) is 25.0 Å². The highest BCUT2D eigenvalue weighted by Crippen LogP contribution is 2.39. The largest absolute Gasteiger partial charge is 0.502 e. The number of phenolic OH excluding ortho intramolecular Hbond substituents is 1. The maximum atomic E-state index is 12.4. The van der Waals surface area contributed by atoms with Gasteiger partial charge < -0.3 is 14.7 Å². The monoisotopic (exact) mass is 292 g/mol. The molecule has 1 aromatic rings. The predicted molar refractivity (Wildman–Crippen MR) is 73.2 cm³/mol. The minimum atomic E-state index is -0.676. The van der Waals surface area contributed by atoms with Crippen molar-refractivity contribution < 1.29 is 19.6 Å². The van der Waals surface area contributed by atoms with Crippen molar-refractivity contribution in [1.82, 2.24) is 4.90 Å². The molecule has 1 spiro atoms. The first kappa shape index (κ1) is 13.8. The summed E-state index contributed by atoms with van der Waals surface area (Å²) in [5.41, 5.74) is -0.0546. The molecule has 1 N–H and O–H groups in total. The van der Waals surface area contributed by atoms with E-state index in [1.54, 1.807) is 4.90 Å². The van der Waals surface area contributed by atoms with Crippen LogP contribution in [0, 0.1) is 15.5 Å². The van der Waals surface area contributed by atoms with E-state index in [9.17, 15) is 20.0 Å². The predicted octanol–water partition coefficient (Wildman–Crippen LogP) is 1.55. The number of aromatic hydroxyl groups is 1. The number of benzene rings is 1. The quantitative estimate of drug-likeness (QED) is 0.659. The molecule has 0 aromatic heterocycles. The number of amides is 1. The van der Waals surface area contributed by atoms with Gasteiger partial charge >= 0.3 is 5.69 Å². The van der Waals surface area contributed by atoms with Crippen molar-refractivity contribution in [3.63, 3.8) is 0 Å². The zero-order chi connectivity index (χ0) is 15.0. The van der Waals surface area contributed by atoms with Crippen molar-refractivity contribution >= 4 is 11.6 Å². The van der Waals surface area contributed by atoms with Crippen molar-refractivity contribution in [2.24, 2.45) is 5.41 Å². The first-order valence-electron chi connectivity index (χ1n) is 6.85. The molecule has 0 bridgehead atoms. The second kappa shape index (κ2) is 5.00. The second-order valence-electron chi connectivity index (χ2n) is 5.74. The minimum absolute atomic E-state index is 0.0679. The van der Waals surface area contributed by atoms with Gasteiger partial charge in [-0.25, -0.2) is 0 Å². The number of nitro groups is 1. The Morgan fingerprint density at radius 2 is 2.24 bits per heavy atom. The lowest BCUT2D eigenvalue weighted by Crippen LogP contribution is -2.32. The van der Waals surface area contributed by atoms with E-state index in [0.29, 0.717) is 19.7 Å². The standard InChI is InChI=1S/C14H16N2O5/c17-12-7-10(1-2-11(12)16(19)20)13(18)15-5-3-14(8-15)4-6-21-9-14/h1-2,7,17H,3-6,8-9H2/t14-/m0/s1. The second-order valence-corrected chi connectivity index (χ2v) is 5.74. The molecule has 0 aliphatic carbocycles. The number of phenols is 1. The van der Waals surface area contributed by atoms with Crippen LogP contribution < -0.4 is 0 Å². The van der Waals surface area contributed by atoms with Gasteiger partial charge in [0.2, 0.25) is 0 Å². The first-order chi connectivity index (χ1) is 10.0. The number of carbonyl (C=O) groups excluding carboxylic acids is 1. The fraction of sp³-hybridized carbons (Fsp3) is 0.500. The van der Waals surface area contributed by atoms with Crippen molar-refractivity contribution in [2.45, 2.75) is 12.8 Å². The third-order valence-electron chi connectivity index (χ3n) is 4.33. The molecule has 2 aliphatic heterocycles. The first-order valence-corrected chi connectivity index (χ1v) is 6.85. The van der Waals surface area contributed by atoms with Gasteiger partial charge in [-0.1, -0.05) is 0 Å². The highest BCUT2D eigenvalue weighted by atomic mass is 16.6. The Labute approximate surface area is 121 Å². The Kier molecular flexibility index (Phi) is 3.29. The lowest BCUT2D eigenvalue weighted by Gasteiger charge is -2.22. The Morgan fingerprint density at radius 3 is 2.86 bits per heavy atom. The maximum Gasteiger partial charge on any atom is 0.310 e. The number of likely N-dealkylation sites (tertiary alicyclic amines) is 1. The fourth-order valence-electron chi connectivity index (χ4n) is 3.07. The zero-order valence-electron chi connectivity index (χ0n) is 11.4. The van der Waals surface area contributed by atoms with Gasteiger partial charge in [0.15, 0.2) is 5.75 Å². The molecule has 1 aromatic carbocycles. The van der Waals surface area contributed by atoms with Crippen molar-refractivity contribution in [3.05, 3.63) is 33.9 Å². The molecule has 2 saturated heterocycles. The van der Waals surface area contributed by atoms with Gasteiger partial charge in [-0.2, -0.15) is 0 Å². The zero-order valence-corrected chi connectivity index (χ0v) is 11.4. The molecule has 112 valence electrons. The molecule has 1 amide bonds. The average Bonchev–Trinajstić information content (AvgIpc) is 3.08. The van der Waals surface area contributed by atoms with E-state index in [2.05, 4.69) is 0 Å². The Morgan fingerprint density at radius 1 is 1.43 bits per heavy atom. The van der Waals surface area contributed by atoms with Crippen molar-refractivity contribution in [3.8, 4) is 5.75 Å². The molecule has 3 rings (SSSR count). The van der Waals surface area contributed by atoms with Crippen LogP contribution in [-0.2, 0) is 4.74 Å². The average molecular weight is 292 g/mol. The van der Waals surface area contributed by atoms with Crippen LogP contribution in [0.1, 0.15) is 23.2 Å². The lowest BCUT2D eigenvalue weighted by atomic mass is 9.87. The third-order valence-corrected chi connectivity index (χ3v) is 4.33. The van der Waals surface area contributed by atoms with Gasteiger partial charge in [-0.3, -0.25) is 14.9 Å². The molecule has 2 heterocycles. The van der Waals surface area contributed by atoms with Gasteiger partial charge in [0.1, 0.15) is 0 Å². The van der Waals surface area contributed by atoms with E-state index in [1.165, 1.54) is 6.07 Å². The number of nitrogens with zero attached hydrogens (tertiary/aromatic N) is 2. The molecular weight excluding hydrogens is 276 g/mol. The molecule has 7 nitrogen and oxygen atoms in total. The Hall–Kier alpha value is -2.15. The molecule has 2 fully saturated rings. The summed E-state index contributed by atoms with van der Waals surface area (Å²) in [7, 11) is 0. The summed E-state index contributed by atoms with van der Waals surface area (Å²) in [5.74, 6) is -0.687. The number of hydrogen-bond acceptors (Lipinski definition) is 5. The summed E-state index contributed by atoms with van der Waals surface area (Å²) in [4.78, 5) is 24.1. The van der Waals surface area contributed by atoms with E-state index in [1.807, 2.05) is 0 Å². The summed E-state index contributed by atoms with van der Waals surface area (Å²) in [6, 6.07) is 3.71. The summed E-state index contributed by atoms with van der Waals surface area (Å²) in [5, 5.41) is 20.3. The van der Waals surface area contributed by atoms with E-state index >= 15 is 0 Å². The summed E-state index contributed by atoms with van der Waals surface area (Å²) in [6.07, 6.45) is 1.87. The van der Waals surface area contributed by atoms with E-state index in [4.69, 9.17) is 4.74 Å². The minimum Gasteiger partial charge on any atom is -0.502 e. The van der Waals surface area contributed by atoms with Gasteiger partial charge in [0.25, 0.3) is 5.91 Å². The Balaban J connectivity index is 1.77. The van der Waals surface area contributed by atoms with Crippen LogP contribution in [0.5, 0.6) is 5.75 Å².